The molecular weight excluding hydrogens is 190 g/mol. The number of carbonyl (C=O) groups is 1. The first-order valence-corrected chi connectivity index (χ1v) is 5.80. The van der Waals surface area contributed by atoms with Crippen molar-refractivity contribution in [2.24, 2.45) is 10.8 Å². The van der Waals surface area contributed by atoms with Gasteiger partial charge in [-0.3, -0.25) is 4.79 Å². The Morgan fingerprint density at radius 1 is 1.33 bits per heavy atom. The van der Waals surface area contributed by atoms with Gasteiger partial charge < -0.3 is 9.64 Å². The average Bonchev–Trinajstić information content (AvgIpc) is 2.75. The third kappa shape index (κ3) is 2.03. The number of amides is 1. The van der Waals surface area contributed by atoms with Crippen molar-refractivity contribution in [1.82, 2.24) is 4.90 Å². The third-order valence-electron chi connectivity index (χ3n) is 3.55. The zero-order valence-corrected chi connectivity index (χ0v) is 10.0. The van der Waals surface area contributed by atoms with E-state index >= 15 is 0 Å². The van der Waals surface area contributed by atoms with E-state index in [-0.39, 0.29) is 11.3 Å². The number of ether oxygens (including phenoxy) is 1. The molecule has 0 radical (unpaired) electrons. The van der Waals surface area contributed by atoms with Crippen molar-refractivity contribution in [2.75, 3.05) is 26.3 Å². The summed E-state index contributed by atoms with van der Waals surface area (Å²) < 4.78 is 5.46. The molecule has 2 saturated heterocycles. The van der Waals surface area contributed by atoms with Gasteiger partial charge in [-0.1, -0.05) is 20.8 Å². The molecule has 1 spiro atoms. The fourth-order valence-electron chi connectivity index (χ4n) is 2.55. The Morgan fingerprint density at radius 3 is 2.60 bits per heavy atom. The first-order valence-electron chi connectivity index (χ1n) is 5.80. The van der Waals surface area contributed by atoms with Crippen LogP contribution in [0.2, 0.25) is 0 Å². The van der Waals surface area contributed by atoms with Crippen LogP contribution in [0.4, 0.5) is 0 Å². The molecule has 2 fully saturated rings. The van der Waals surface area contributed by atoms with Crippen LogP contribution in [-0.2, 0) is 9.53 Å². The number of carbonyl (C=O) groups excluding carboxylic acids is 1. The molecule has 2 aliphatic heterocycles. The van der Waals surface area contributed by atoms with Crippen LogP contribution in [0.1, 0.15) is 33.6 Å². The second kappa shape index (κ2) is 3.48. The largest absolute Gasteiger partial charge is 0.381 e. The highest BCUT2D eigenvalue weighted by atomic mass is 16.5. The van der Waals surface area contributed by atoms with Crippen molar-refractivity contribution in [2.45, 2.75) is 33.6 Å². The lowest BCUT2D eigenvalue weighted by atomic mass is 9.86. The van der Waals surface area contributed by atoms with Crippen LogP contribution < -0.4 is 0 Å². The van der Waals surface area contributed by atoms with E-state index in [9.17, 15) is 4.79 Å². The maximum absolute atomic E-state index is 12.1. The van der Waals surface area contributed by atoms with Crippen LogP contribution in [0.15, 0.2) is 0 Å². The van der Waals surface area contributed by atoms with Gasteiger partial charge in [0.25, 0.3) is 0 Å². The first-order chi connectivity index (χ1) is 6.93. The van der Waals surface area contributed by atoms with Crippen LogP contribution in [0, 0.1) is 10.8 Å². The second-order valence-electron chi connectivity index (χ2n) is 6.03. The molecule has 1 unspecified atom stereocenters. The fraction of sp³-hybridized carbons (Fsp3) is 0.917. The monoisotopic (exact) mass is 211 g/mol. The highest BCUT2D eigenvalue weighted by molar-refractivity contribution is 5.81. The summed E-state index contributed by atoms with van der Waals surface area (Å²) in [5.41, 5.74) is 0.0475. The number of rotatable bonds is 0. The maximum atomic E-state index is 12.1. The van der Waals surface area contributed by atoms with Crippen molar-refractivity contribution in [3.63, 3.8) is 0 Å². The minimum Gasteiger partial charge on any atom is -0.381 e. The van der Waals surface area contributed by atoms with Gasteiger partial charge in [-0.05, 0) is 12.8 Å². The van der Waals surface area contributed by atoms with Crippen molar-refractivity contribution in [3.05, 3.63) is 0 Å². The van der Waals surface area contributed by atoms with Crippen LogP contribution >= 0.6 is 0 Å². The number of nitrogens with zero attached hydrogens (tertiary/aromatic N) is 1. The SMILES string of the molecule is CC(C)(C)C(=O)N1CCC2(CCOC2)C1. The van der Waals surface area contributed by atoms with Crippen molar-refractivity contribution < 1.29 is 9.53 Å². The second-order valence-corrected chi connectivity index (χ2v) is 6.03. The molecule has 86 valence electrons. The lowest BCUT2D eigenvalue weighted by Gasteiger charge is -2.27. The van der Waals surface area contributed by atoms with Gasteiger partial charge in [-0.2, -0.15) is 0 Å². The van der Waals surface area contributed by atoms with Gasteiger partial charge in [0.15, 0.2) is 0 Å². The molecule has 0 aromatic carbocycles. The third-order valence-corrected chi connectivity index (χ3v) is 3.55. The van der Waals surface area contributed by atoms with Gasteiger partial charge in [0.2, 0.25) is 5.91 Å². The van der Waals surface area contributed by atoms with Gasteiger partial charge >= 0.3 is 0 Å². The zero-order valence-electron chi connectivity index (χ0n) is 10.0. The lowest BCUT2D eigenvalue weighted by molar-refractivity contribution is -0.138. The molecule has 0 saturated carbocycles. The Labute approximate surface area is 91.8 Å². The van der Waals surface area contributed by atoms with E-state index in [1.807, 2.05) is 25.7 Å². The summed E-state index contributed by atoms with van der Waals surface area (Å²) in [4.78, 5) is 14.1. The molecule has 15 heavy (non-hydrogen) atoms. The van der Waals surface area contributed by atoms with Crippen LogP contribution in [-0.4, -0.2) is 37.1 Å². The normalized spacial score (nSPS) is 31.5. The summed E-state index contributed by atoms with van der Waals surface area (Å²) in [5.74, 6) is 0.284. The van der Waals surface area contributed by atoms with Gasteiger partial charge in [-0.15, -0.1) is 0 Å². The van der Waals surface area contributed by atoms with Gasteiger partial charge in [0.1, 0.15) is 0 Å². The molecule has 3 nitrogen and oxygen atoms in total. The highest BCUT2D eigenvalue weighted by Gasteiger charge is 2.44. The molecule has 0 aliphatic carbocycles. The number of hydrogen-bond donors (Lipinski definition) is 0. The van der Waals surface area contributed by atoms with E-state index in [4.69, 9.17) is 4.74 Å². The summed E-state index contributed by atoms with van der Waals surface area (Å²) in [6, 6.07) is 0. The van der Waals surface area contributed by atoms with Crippen LogP contribution in [0.25, 0.3) is 0 Å². The number of hydrogen-bond acceptors (Lipinski definition) is 2. The smallest absolute Gasteiger partial charge is 0.227 e. The van der Waals surface area contributed by atoms with Gasteiger partial charge in [0.05, 0.1) is 6.61 Å². The molecule has 0 bridgehead atoms. The number of likely N-dealkylation sites (tertiary alicyclic amines) is 1. The molecule has 2 rings (SSSR count). The first kappa shape index (κ1) is 10.9. The molecule has 3 heteroatoms. The maximum Gasteiger partial charge on any atom is 0.227 e. The highest BCUT2D eigenvalue weighted by Crippen LogP contribution is 2.39. The van der Waals surface area contributed by atoms with Crippen molar-refractivity contribution in [1.29, 1.82) is 0 Å². The van der Waals surface area contributed by atoms with E-state index in [1.165, 1.54) is 0 Å². The molecular formula is C12H21NO2. The van der Waals surface area contributed by atoms with E-state index in [0.29, 0.717) is 5.41 Å². The van der Waals surface area contributed by atoms with E-state index < -0.39 is 0 Å². The van der Waals surface area contributed by atoms with E-state index in [2.05, 4.69) is 0 Å². The predicted molar refractivity (Wildman–Crippen MR) is 58.5 cm³/mol. The Morgan fingerprint density at radius 2 is 2.07 bits per heavy atom. The summed E-state index contributed by atoms with van der Waals surface area (Å²) in [6.07, 6.45) is 2.25. The summed E-state index contributed by atoms with van der Waals surface area (Å²) in [5, 5.41) is 0. The van der Waals surface area contributed by atoms with Crippen molar-refractivity contribution >= 4 is 5.91 Å². The molecule has 0 N–H and O–H groups in total. The molecule has 1 amide bonds. The summed E-state index contributed by atoms with van der Waals surface area (Å²) in [6.45, 7) is 9.52. The average molecular weight is 211 g/mol. The van der Waals surface area contributed by atoms with Crippen LogP contribution in [0.5, 0.6) is 0 Å². The Hall–Kier alpha value is -0.570. The Kier molecular flexibility index (Phi) is 2.53. The fourth-order valence-corrected chi connectivity index (χ4v) is 2.55. The summed E-state index contributed by atoms with van der Waals surface area (Å²) in [7, 11) is 0. The molecule has 2 heterocycles. The van der Waals surface area contributed by atoms with Crippen LogP contribution in [0.3, 0.4) is 0 Å². The standard InChI is InChI=1S/C12H21NO2/c1-11(2,3)10(14)13-6-4-12(8-13)5-7-15-9-12/h4-9H2,1-3H3. The van der Waals surface area contributed by atoms with Gasteiger partial charge in [-0.25, -0.2) is 0 Å². The topological polar surface area (TPSA) is 29.5 Å². The molecule has 2 aliphatic rings. The van der Waals surface area contributed by atoms with Gasteiger partial charge in [0, 0.05) is 30.5 Å². The van der Waals surface area contributed by atoms with E-state index in [0.717, 1.165) is 39.1 Å². The molecule has 1 atom stereocenters. The quantitative estimate of drug-likeness (QED) is 0.610. The van der Waals surface area contributed by atoms with E-state index in [1.54, 1.807) is 0 Å². The molecule has 0 aromatic heterocycles. The summed E-state index contributed by atoms with van der Waals surface area (Å²) >= 11 is 0. The lowest BCUT2D eigenvalue weighted by Crippen LogP contribution is -2.39. The molecule has 0 aromatic rings. The minimum absolute atomic E-state index is 0.245. The predicted octanol–water partition coefficient (Wildman–Crippen LogP) is 1.67. The Balaban J connectivity index is 2.01. The zero-order chi connectivity index (χ0) is 11.1. The Bertz CT molecular complexity index is 261. The van der Waals surface area contributed by atoms with Crippen molar-refractivity contribution in [3.8, 4) is 0 Å². The minimum atomic E-state index is -0.245.